The van der Waals surface area contributed by atoms with E-state index in [-0.39, 0.29) is 0 Å². The van der Waals surface area contributed by atoms with Crippen molar-refractivity contribution in [3.8, 4) is 0 Å². The van der Waals surface area contributed by atoms with Gasteiger partial charge in [0.1, 0.15) is 0 Å². The molecule has 14 heavy (non-hydrogen) atoms. The van der Waals surface area contributed by atoms with Gasteiger partial charge in [-0.15, -0.1) is 0 Å². The van der Waals surface area contributed by atoms with Gasteiger partial charge in [-0.05, 0) is 30.7 Å². The van der Waals surface area contributed by atoms with E-state index in [4.69, 9.17) is 0 Å². The summed E-state index contributed by atoms with van der Waals surface area (Å²) in [6, 6.07) is 8.55. The SMILES string of the molecule is Brc1cccc(CN2CCC(Br)C2)c1. The van der Waals surface area contributed by atoms with Gasteiger partial charge in [-0.25, -0.2) is 0 Å². The maximum atomic E-state index is 3.66. The van der Waals surface area contributed by atoms with E-state index in [2.05, 4.69) is 61.0 Å². The van der Waals surface area contributed by atoms with E-state index in [1.54, 1.807) is 0 Å². The first kappa shape index (κ1) is 10.7. The van der Waals surface area contributed by atoms with Gasteiger partial charge in [-0.1, -0.05) is 44.0 Å². The van der Waals surface area contributed by atoms with Gasteiger partial charge in [0.25, 0.3) is 0 Å². The van der Waals surface area contributed by atoms with Crippen LogP contribution in [0.1, 0.15) is 12.0 Å². The van der Waals surface area contributed by atoms with Gasteiger partial charge in [0, 0.05) is 22.4 Å². The minimum Gasteiger partial charge on any atom is -0.298 e. The second-order valence-electron chi connectivity index (χ2n) is 3.75. The molecule has 0 amide bonds. The summed E-state index contributed by atoms with van der Waals surface area (Å²) in [6.45, 7) is 3.45. The highest BCUT2D eigenvalue weighted by Crippen LogP contribution is 2.20. The third-order valence-electron chi connectivity index (χ3n) is 2.51. The summed E-state index contributed by atoms with van der Waals surface area (Å²) in [5.74, 6) is 0. The Balaban J connectivity index is 1.97. The summed E-state index contributed by atoms with van der Waals surface area (Å²) in [6.07, 6.45) is 1.27. The zero-order valence-corrected chi connectivity index (χ0v) is 11.1. The van der Waals surface area contributed by atoms with E-state index < -0.39 is 0 Å². The molecule has 1 fully saturated rings. The van der Waals surface area contributed by atoms with Gasteiger partial charge in [0.05, 0.1) is 0 Å². The molecule has 2 rings (SSSR count). The normalized spacial score (nSPS) is 22.9. The first-order chi connectivity index (χ1) is 6.74. The van der Waals surface area contributed by atoms with Crippen LogP contribution in [-0.2, 0) is 6.54 Å². The molecule has 0 aromatic heterocycles. The number of rotatable bonds is 2. The molecule has 1 aromatic carbocycles. The lowest BCUT2D eigenvalue weighted by atomic mass is 10.2. The van der Waals surface area contributed by atoms with Crippen LogP contribution >= 0.6 is 31.9 Å². The Kier molecular flexibility index (Phi) is 3.63. The fourth-order valence-electron chi connectivity index (χ4n) is 1.82. The number of alkyl halides is 1. The average Bonchev–Trinajstić information content (AvgIpc) is 2.51. The highest BCUT2D eigenvalue weighted by atomic mass is 79.9. The molecule has 1 heterocycles. The third-order valence-corrected chi connectivity index (χ3v) is 3.75. The molecule has 0 bridgehead atoms. The van der Waals surface area contributed by atoms with Crippen LogP contribution in [0.4, 0.5) is 0 Å². The summed E-state index contributed by atoms with van der Waals surface area (Å²) in [5.41, 5.74) is 1.39. The lowest BCUT2D eigenvalue weighted by Crippen LogP contribution is -2.19. The highest BCUT2D eigenvalue weighted by Gasteiger charge is 2.19. The Morgan fingerprint density at radius 3 is 2.93 bits per heavy atom. The fraction of sp³-hybridized carbons (Fsp3) is 0.455. The Hall–Kier alpha value is 0.140. The molecule has 3 heteroatoms. The van der Waals surface area contributed by atoms with Gasteiger partial charge >= 0.3 is 0 Å². The molecule has 0 saturated carbocycles. The number of hydrogen-bond acceptors (Lipinski definition) is 1. The summed E-state index contributed by atoms with van der Waals surface area (Å²) >= 11 is 7.15. The van der Waals surface area contributed by atoms with Gasteiger partial charge < -0.3 is 0 Å². The Labute approximate surface area is 102 Å². The van der Waals surface area contributed by atoms with E-state index in [1.807, 2.05) is 0 Å². The quantitative estimate of drug-likeness (QED) is 0.755. The van der Waals surface area contributed by atoms with Crippen LogP contribution in [0.25, 0.3) is 0 Å². The van der Waals surface area contributed by atoms with Gasteiger partial charge in [0.15, 0.2) is 0 Å². The number of benzene rings is 1. The number of nitrogens with zero attached hydrogens (tertiary/aromatic N) is 1. The Morgan fingerprint density at radius 1 is 1.43 bits per heavy atom. The molecule has 1 aliphatic heterocycles. The molecule has 0 spiro atoms. The standard InChI is InChI=1S/C11H13Br2N/c12-10-3-1-2-9(6-10)7-14-5-4-11(13)8-14/h1-3,6,11H,4-5,7-8H2. The second kappa shape index (κ2) is 4.77. The average molecular weight is 319 g/mol. The first-order valence-corrected chi connectivity index (χ1v) is 6.56. The fourth-order valence-corrected chi connectivity index (χ4v) is 2.88. The lowest BCUT2D eigenvalue weighted by Gasteiger charge is -2.14. The molecule has 0 radical (unpaired) electrons. The Bertz CT molecular complexity index is 314. The monoisotopic (exact) mass is 317 g/mol. The molecule has 0 aliphatic carbocycles. The van der Waals surface area contributed by atoms with E-state index in [0.29, 0.717) is 4.83 Å². The van der Waals surface area contributed by atoms with Crippen molar-refractivity contribution >= 4 is 31.9 Å². The van der Waals surface area contributed by atoms with Crippen LogP contribution in [0.3, 0.4) is 0 Å². The topological polar surface area (TPSA) is 3.24 Å². The van der Waals surface area contributed by atoms with Crippen molar-refractivity contribution < 1.29 is 0 Å². The molecule has 1 saturated heterocycles. The molecular weight excluding hydrogens is 306 g/mol. The highest BCUT2D eigenvalue weighted by molar-refractivity contribution is 9.10. The minimum absolute atomic E-state index is 0.689. The van der Waals surface area contributed by atoms with E-state index in [9.17, 15) is 0 Å². The molecule has 76 valence electrons. The van der Waals surface area contributed by atoms with Gasteiger partial charge in [-0.2, -0.15) is 0 Å². The smallest absolute Gasteiger partial charge is 0.0285 e. The van der Waals surface area contributed by atoms with Crippen LogP contribution in [0.15, 0.2) is 28.7 Å². The van der Waals surface area contributed by atoms with Crippen molar-refractivity contribution in [3.05, 3.63) is 34.3 Å². The summed E-state index contributed by atoms with van der Waals surface area (Å²) in [4.78, 5) is 3.18. The van der Waals surface area contributed by atoms with E-state index in [1.165, 1.54) is 29.5 Å². The molecule has 1 aliphatic rings. The maximum Gasteiger partial charge on any atom is 0.0285 e. The van der Waals surface area contributed by atoms with Gasteiger partial charge in [0.2, 0.25) is 0 Å². The molecule has 1 aromatic rings. The molecule has 1 unspecified atom stereocenters. The van der Waals surface area contributed by atoms with Crippen molar-refractivity contribution in [2.45, 2.75) is 17.8 Å². The van der Waals surface area contributed by atoms with Crippen LogP contribution < -0.4 is 0 Å². The molecular formula is C11H13Br2N. The summed E-state index contributed by atoms with van der Waals surface area (Å²) in [5, 5.41) is 0. The van der Waals surface area contributed by atoms with Crippen molar-refractivity contribution in [1.29, 1.82) is 0 Å². The molecule has 0 N–H and O–H groups in total. The molecule has 1 nitrogen and oxygen atoms in total. The predicted molar refractivity (Wildman–Crippen MR) is 66.8 cm³/mol. The van der Waals surface area contributed by atoms with Crippen molar-refractivity contribution in [1.82, 2.24) is 4.90 Å². The first-order valence-electron chi connectivity index (χ1n) is 4.85. The number of likely N-dealkylation sites (tertiary alicyclic amines) is 1. The number of hydrogen-bond donors (Lipinski definition) is 0. The lowest BCUT2D eigenvalue weighted by molar-refractivity contribution is 0.332. The predicted octanol–water partition coefficient (Wildman–Crippen LogP) is 3.42. The zero-order valence-electron chi connectivity index (χ0n) is 7.92. The van der Waals surface area contributed by atoms with Crippen LogP contribution in [0, 0.1) is 0 Å². The summed E-state index contributed by atoms with van der Waals surface area (Å²) in [7, 11) is 0. The van der Waals surface area contributed by atoms with Crippen LogP contribution in [-0.4, -0.2) is 22.8 Å². The van der Waals surface area contributed by atoms with Crippen molar-refractivity contribution in [2.24, 2.45) is 0 Å². The van der Waals surface area contributed by atoms with Gasteiger partial charge in [-0.3, -0.25) is 4.90 Å². The number of halogens is 2. The van der Waals surface area contributed by atoms with Crippen molar-refractivity contribution in [2.75, 3.05) is 13.1 Å². The van der Waals surface area contributed by atoms with E-state index >= 15 is 0 Å². The Morgan fingerprint density at radius 2 is 2.29 bits per heavy atom. The third kappa shape index (κ3) is 2.81. The van der Waals surface area contributed by atoms with E-state index in [0.717, 1.165) is 6.54 Å². The zero-order chi connectivity index (χ0) is 9.97. The van der Waals surface area contributed by atoms with Crippen molar-refractivity contribution in [3.63, 3.8) is 0 Å². The largest absolute Gasteiger partial charge is 0.298 e. The molecule has 1 atom stereocenters. The van der Waals surface area contributed by atoms with Crippen LogP contribution in [0.5, 0.6) is 0 Å². The maximum absolute atomic E-state index is 3.66. The summed E-state index contributed by atoms with van der Waals surface area (Å²) < 4.78 is 1.17. The minimum atomic E-state index is 0.689. The van der Waals surface area contributed by atoms with Crippen LogP contribution in [0.2, 0.25) is 0 Å². The second-order valence-corrected chi connectivity index (χ2v) is 5.96.